The number of carbonyl (C=O) groups is 1. The Kier molecular flexibility index (Phi) is 75.9. The number of unbranched alkanes of at least 4 members (excludes halogenated alkanes) is 31. The number of allylic oxidation sites excluding steroid dienone is 9. The first kappa shape index (κ1) is 63.0. The highest BCUT2D eigenvalue weighted by Crippen LogP contribution is 2.12. The SMILES string of the molecule is C/C=C/CCCCCCCC.C=CCCCCCC.CCCCC/C=C/C/C=C/CCCCCCCC=O.CCCCC/C=C/CCCCCCCCCCCOC. The van der Waals surface area contributed by atoms with E-state index in [1.54, 1.807) is 7.11 Å². The van der Waals surface area contributed by atoms with Crippen LogP contribution in [0.5, 0.6) is 0 Å². The Morgan fingerprint density at radius 2 is 0.655 bits per heavy atom. The average Bonchev–Trinajstić information content (AvgIpc) is 3.24. The van der Waals surface area contributed by atoms with Crippen molar-refractivity contribution in [2.75, 3.05) is 13.7 Å². The number of hydrogen-bond acceptors (Lipinski definition) is 2. The third kappa shape index (κ3) is 78.6. The van der Waals surface area contributed by atoms with Crippen molar-refractivity contribution < 1.29 is 9.53 Å². The first-order valence-electron chi connectivity index (χ1n) is 25.8. The van der Waals surface area contributed by atoms with Gasteiger partial charge in [0.05, 0.1) is 0 Å². The van der Waals surface area contributed by atoms with E-state index < -0.39 is 0 Å². The van der Waals surface area contributed by atoms with Crippen LogP contribution in [0.1, 0.15) is 279 Å². The molecule has 58 heavy (non-hydrogen) atoms. The second kappa shape index (κ2) is 69.9. The normalized spacial score (nSPS) is 11.1. The molecule has 0 aliphatic carbocycles. The third-order valence-corrected chi connectivity index (χ3v) is 10.4. The van der Waals surface area contributed by atoms with Crippen molar-refractivity contribution in [1.29, 1.82) is 0 Å². The molecule has 0 radical (unpaired) electrons. The molecule has 2 nitrogen and oxygen atoms in total. The van der Waals surface area contributed by atoms with Gasteiger partial charge in [-0.2, -0.15) is 0 Å². The highest BCUT2D eigenvalue weighted by Gasteiger charge is 1.93. The topological polar surface area (TPSA) is 26.3 Å². The fourth-order valence-electron chi connectivity index (χ4n) is 6.46. The molecular formula is C56H108O2. The van der Waals surface area contributed by atoms with Crippen molar-refractivity contribution >= 4 is 6.29 Å². The Bertz CT molecular complexity index is 790. The largest absolute Gasteiger partial charge is 0.385 e. The van der Waals surface area contributed by atoms with Crippen LogP contribution in [0.2, 0.25) is 0 Å². The van der Waals surface area contributed by atoms with Gasteiger partial charge in [-0.3, -0.25) is 0 Å². The average molecular weight is 813 g/mol. The smallest absolute Gasteiger partial charge is 0.119 e. The zero-order valence-corrected chi connectivity index (χ0v) is 40.9. The van der Waals surface area contributed by atoms with E-state index >= 15 is 0 Å². The quantitative estimate of drug-likeness (QED) is 0.0349. The van der Waals surface area contributed by atoms with Crippen LogP contribution in [0.15, 0.2) is 61.3 Å². The summed E-state index contributed by atoms with van der Waals surface area (Å²) in [5.74, 6) is 0. The summed E-state index contributed by atoms with van der Waals surface area (Å²) in [5.41, 5.74) is 0. The van der Waals surface area contributed by atoms with Crippen LogP contribution in [0.4, 0.5) is 0 Å². The van der Waals surface area contributed by atoms with E-state index in [1.807, 2.05) is 6.08 Å². The lowest BCUT2D eigenvalue weighted by Gasteiger charge is -2.02. The van der Waals surface area contributed by atoms with Crippen molar-refractivity contribution in [3.63, 3.8) is 0 Å². The molecular weight excluding hydrogens is 705 g/mol. The highest BCUT2D eigenvalue weighted by atomic mass is 16.5. The fourth-order valence-corrected chi connectivity index (χ4v) is 6.46. The maximum atomic E-state index is 10.1. The molecule has 0 aromatic heterocycles. The van der Waals surface area contributed by atoms with Crippen LogP contribution >= 0.6 is 0 Å². The molecule has 0 aliphatic rings. The molecule has 2 heteroatoms. The molecule has 0 bridgehead atoms. The number of aldehydes is 1. The summed E-state index contributed by atoms with van der Waals surface area (Å²) in [6.07, 6.45) is 71.3. The van der Waals surface area contributed by atoms with E-state index in [0.717, 1.165) is 32.2 Å². The van der Waals surface area contributed by atoms with E-state index in [0.29, 0.717) is 0 Å². The van der Waals surface area contributed by atoms with Crippen LogP contribution in [0.3, 0.4) is 0 Å². The zero-order valence-electron chi connectivity index (χ0n) is 40.9. The lowest BCUT2D eigenvalue weighted by atomic mass is 10.1. The van der Waals surface area contributed by atoms with Gasteiger partial charge >= 0.3 is 0 Å². The number of carbonyl (C=O) groups excluding carboxylic acids is 1. The molecule has 344 valence electrons. The van der Waals surface area contributed by atoms with Gasteiger partial charge in [-0.05, 0) is 103 Å². The Morgan fingerprint density at radius 1 is 0.362 bits per heavy atom. The van der Waals surface area contributed by atoms with E-state index in [4.69, 9.17) is 4.74 Å². The predicted molar refractivity (Wildman–Crippen MR) is 269 cm³/mol. The minimum absolute atomic E-state index is 0.741. The van der Waals surface area contributed by atoms with E-state index in [1.165, 1.54) is 225 Å². The predicted octanol–water partition coefficient (Wildman–Crippen LogP) is 20.1. The van der Waals surface area contributed by atoms with Crippen molar-refractivity contribution in [2.24, 2.45) is 0 Å². The molecule has 0 amide bonds. The van der Waals surface area contributed by atoms with Gasteiger partial charge in [0.1, 0.15) is 6.29 Å². The molecule has 0 N–H and O–H groups in total. The number of hydrogen-bond donors (Lipinski definition) is 0. The molecule has 0 aliphatic heterocycles. The first-order chi connectivity index (χ1) is 28.7. The molecule has 0 aromatic rings. The van der Waals surface area contributed by atoms with Crippen molar-refractivity contribution in [2.45, 2.75) is 279 Å². The van der Waals surface area contributed by atoms with Crippen molar-refractivity contribution in [3.8, 4) is 0 Å². The van der Waals surface area contributed by atoms with Gasteiger partial charge in [0.15, 0.2) is 0 Å². The second-order valence-corrected chi connectivity index (χ2v) is 16.4. The molecule has 0 saturated carbocycles. The summed E-state index contributed by atoms with van der Waals surface area (Å²) in [5, 5.41) is 0. The van der Waals surface area contributed by atoms with Crippen LogP contribution in [-0.4, -0.2) is 20.0 Å². The fraction of sp³-hybridized carbons (Fsp3) is 0.804. The van der Waals surface area contributed by atoms with Gasteiger partial charge < -0.3 is 9.53 Å². The van der Waals surface area contributed by atoms with Crippen LogP contribution < -0.4 is 0 Å². The number of rotatable bonds is 42. The second-order valence-electron chi connectivity index (χ2n) is 16.4. The molecule has 0 rings (SSSR count). The Balaban J connectivity index is -0.000000355. The van der Waals surface area contributed by atoms with Crippen molar-refractivity contribution in [3.05, 3.63) is 61.3 Å². The minimum atomic E-state index is 0.741. The monoisotopic (exact) mass is 813 g/mol. The van der Waals surface area contributed by atoms with Crippen LogP contribution in [0.25, 0.3) is 0 Å². The summed E-state index contributed by atoms with van der Waals surface area (Å²) >= 11 is 0. The zero-order chi connectivity index (χ0) is 43.4. The van der Waals surface area contributed by atoms with Gasteiger partial charge in [0, 0.05) is 20.1 Å². The summed E-state index contributed by atoms with van der Waals surface area (Å²) in [7, 11) is 1.79. The van der Waals surface area contributed by atoms with Gasteiger partial charge in [0.25, 0.3) is 0 Å². The lowest BCUT2D eigenvalue weighted by Crippen LogP contribution is -1.88. The van der Waals surface area contributed by atoms with E-state index in [9.17, 15) is 4.79 Å². The van der Waals surface area contributed by atoms with Gasteiger partial charge in [-0.15, -0.1) is 6.58 Å². The lowest BCUT2D eigenvalue weighted by molar-refractivity contribution is -0.107. The van der Waals surface area contributed by atoms with E-state index in [2.05, 4.69) is 89.8 Å². The Labute approximate surface area is 368 Å². The molecule has 0 atom stereocenters. The number of methoxy groups -OCH3 is 1. The van der Waals surface area contributed by atoms with Gasteiger partial charge in [-0.25, -0.2) is 0 Å². The molecule has 0 aromatic carbocycles. The Morgan fingerprint density at radius 3 is 1.03 bits per heavy atom. The third-order valence-electron chi connectivity index (χ3n) is 10.4. The minimum Gasteiger partial charge on any atom is -0.385 e. The molecule has 0 spiro atoms. The molecule has 0 unspecified atom stereocenters. The molecule has 0 saturated heterocycles. The van der Waals surface area contributed by atoms with Crippen LogP contribution in [-0.2, 0) is 9.53 Å². The Hall–Kier alpha value is -1.67. The van der Waals surface area contributed by atoms with Gasteiger partial charge in [-0.1, -0.05) is 224 Å². The highest BCUT2D eigenvalue weighted by molar-refractivity contribution is 5.48. The van der Waals surface area contributed by atoms with Crippen molar-refractivity contribution in [1.82, 2.24) is 0 Å². The maximum Gasteiger partial charge on any atom is 0.119 e. The van der Waals surface area contributed by atoms with Gasteiger partial charge in [0.2, 0.25) is 0 Å². The van der Waals surface area contributed by atoms with E-state index in [-0.39, 0.29) is 0 Å². The summed E-state index contributed by atoms with van der Waals surface area (Å²) in [6, 6.07) is 0. The molecule has 0 fully saturated rings. The standard InChI is InChI=1S/C19H38O.C18H32O.C11H22.C8H16/c1-3-4-5-6-7-8-9-10-11-12-13-14-15-16-17-18-19-20-2;1-2-3-4-5-6-7-8-9-10-11-12-13-14-15-16-17-18-19;1-3-5-7-9-11-10-8-6-4-2;1-3-5-7-8-6-4-2/h7-8H,3-6,9-19H2,1-2H3;6-7,9-10,18H,2-5,8,11-17H2,1H3;3,5H,4,6-11H2,1-2H3;3H,1,4-8H2,2H3/b8-7+;7-6+,10-9+;5-3+;. The first-order valence-corrected chi connectivity index (χ1v) is 25.8. The summed E-state index contributed by atoms with van der Waals surface area (Å²) in [4.78, 5) is 10.1. The van der Waals surface area contributed by atoms with Crippen LogP contribution in [0, 0.1) is 0 Å². The summed E-state index contributed by atoms with van der Waals surface area (Å²) < 4.78 is 5.06. The maximum absolute atomic E-state index is 10.1. The molecule has 0 heterocycles. The summed E-state index contributed by atoms with van der Waals surface area (Å²) in [6.45, 7) is 15.7. The number of ether oxygens (including phenoxy) is 1.